The first-order valence-electron chi connectivity index (χ1n) is 9.57. The highest BCUT2D eigenvalue weighted by Gasteiger charge is 2.34. The average molecular weight is 359 g/mol. The minimum atomic E-state index is -0.174. The quantitative estimate of drug-likeness (QED) is 0.831. The van der Waals surface area contributed by atoms with Crippen molar-refractivity contribution < 1.29 is 18.4 Å². The Hall–Kier alpha value is -2.15. The minimum absolute atomic E-state index is 0.0970. The normalized spacial score (nSPS) is 21.9. The highest BCUT2D eigenvalue weighted by Crippen LogP contribution is 2.34. The lowest BCUT2D eigenvalue weighted by atomic mass is 10.0. The van der Waals surface area contributed by atoms with E-state index in [9.17, 15) is 4.79 Å². The zero-order chi connectivity index (χ0) is 17.9. The largest absolute Gasteiger partial charge is 0.456 e. The number of carbonyl (C=O) groups is 1. The van der Waals surface area contributed by atoms with E-state index < -0.39 is 0 Å². The van der Waals surface area contributed by atoms with Gasteiger partial charge in [-0.3, -0.25) is 4.79 Å². The summed E-state index contributed by atoms with van der Waals surface area (Å²) in [6, 6.07) is 3.45. The van der Waals surface area contributed by atoms with Crippen LogP contribution in [-0.2, 0) is 11.2 Å². The van der Waals surface area contributed by atoms with Crippen molar-refractivity contribution in [1.29, 1.82) is 0 Å². The molecule has 2 aromatic heterocycles. The van der Waals surface area contributed by atoms with E-state index >= 15 is 0 Å². The van der Waals surface area contributed by atoms with Crippen molar-refractivity contribution in [3.8, 4) is 0 Å². The predicted molar refractivity (Wildman–Crippen MR) is 92.8 cm³/mol. The Morgan fingerprint density at radius 3 is 2.69 bits per heavy atom. The summed E-state index contributed by atoms with van der Waals surface area (Å²) >= 11 is 0. The van der Waals surface area contributed by atoms with Crippen LogP contribution in [0.5, 0.6) is 0 Å². The van der Waals surface area contributed by atoms with Gasteiger partial charge in [0.2, 0.25) is 11.8 Å². The maximum Gasteiger partial charge on any atom is 0.290 e. The number of aromatic nitrogens is 2. The van der Waals surface area contributed by atoms with Gasteiger partial charge in [-0.05, 0) is 44.2 Å². The van der Waals surface area contributed by atoms with Crippen molar-refractivity contribution in [2.45, 2.75) is 57.4 Å². The second-order valence-electron chi connectivity index (χ2n) is 6.99. The summed E-state index contributed by atoms with van der Waals surface area (Å²) in [5.41, 5.74) is 0. The van der Waals surface area contributed by atoms with Gasteiger partial charge >= 0.3 is 0 Å². The number of carbonyl (C=O) groups excluding carboxylic acids is 1. The molecular weight excluding hydrogens is 334 g/mol. The predicted octanol–water partition coefficient (Wildman–Crippen LogP) is 3.49. The van der Waals surface area contributed by atoms with E-state index in [0.29, 0.717) is 24.1 Å². The summed E-state index contributed by atoms with van der Waals surface area (Å²) in [6.45, 7) is 4.15. The first-order valence-corrected chi connectivity index (χ1v) is 9.57. The lowest BCUT2D eigenvalue weighted by molar-refractivity contribution is 0.0529. The molecule has 7 heteroatoms. The average Bonchev–Trinajstić information content (AvgIpc) is 3.38. The molecule has 2 aromatic rings. The van der Waals surface area contributed by atoms with Crippen LogP contribution < -0.4 is 0 Å². The Labute approximate surface area is 152 Å². The van der Waals surface area contributed by atoms with Gasteiger partial charge in [0.1, 0.15) is 11.8 Å². The number of piperidine rings is 1. The molecule has 1 amide bonds. The molecule has 2 fully saturated rings. The summed E-state index contributed by atoms with van der Waals surface area (Å²) < 4.78 is 17.1. The molecule has 4 heterocycles. The number of ether oxygens (including phenoxy) is 1. The van der Waals surface area contributed by atoms with Crippen LogP contribution in [0.2, 0.25) is 0 Å². The molecule has 1 atom stereocenters. The second-order valence-corrected chi connectivity index (χ2v) is 6.99. The van der Waals surface area contributed by atoms with Gasteiger partial charge in [0.25, 0.3) is 5.91 Å². The third-order valence-electron chi connectivity index (χ3n) is 5.30. The van der Waals surface area contributed by atoms with Crippen LogP contribution in [0.1, 0.15) is 79.1 Å². The molecule has 0 spiro atoms. The molecule has 7 nitrogen and oxygen atoms in total. The molecule has 0 unspecified atom stereocenters. The molecule has 0 bridgehead atoms. The summed E-state index contributed by atoms with van der Waals surface area (Å²) in [7, 11) is 0. The van der Waals surface area contributed by atoms with E-state index in [0.717, 1.165) is 57.5 Å². The third-order valence-corrected chi connectivity index (χ3v) is 5.30. The number of hydrogen-bond acceptors (Lipinski definition) is 6. The van der Waals surface area contributed by atoms with Crippen molar-refractivity contribution in [3.05, 3.63) is 35.4 Å². The smallest absolute Gasteiger partial charge is 0.290 e. The fourth-order valence-corrected chi connectivity index (χ4v) is 3.75. The van der Waals surface area contributed by atoms with E-state index in [1.54, 1.807) is 6.07 Å². The Morgan fingerprint density at radius 2 is 1.92 bits per heavy atom. The van der Waals surface area contributed by atoms with Crippen molar-refractivity contribution in [2.75, 3.05) is 19.8 Å². The summed E-state index contributed by atoms with van der Waals surface area (Å²) in [6.07, 6.45) is 5.44. The van der Waals surface area contributed by atoms with Crippen LogP contribution in [0.25, 0.3) is 0 Å². The Kier molecular flexibility index (Phi) is 5.06. The number of hydrogen-bond donors (Lipinski definition) is 0. The first-order chi connectivity index (χ1) is 12.8. The molecule has 2 saturated heterocycles. The molecule has 2 aliphatic heterocycles. The Balaban J connectivity index is 1.53. The first kappa shape index (κ1) is 17.3. The molecular formula is C19H25N3O4. The van der Waals surface area contributed by atoms with E-state index in [4.69, 9.17) is 13.6 Å². The van der Waals surface area contributed by atoms with Crippen LogP contribution in [0.3, 0.4) is 0 Å². The van der Waals surface area contributed by atoms with Crippen molar-refractivity contribution >= 4 is 5.91 Å². The van der Waals surface area contributed by atoms with Crippen LogP contribution in [0.4, 0.5) is 0 Å². The monoisotopic (exact) mass is 359 g/mol. The van der Waals surface area contributed by atoms with Gasteiger partial charge in [0, 0.05) is 32.1 Å². The van der Waals surface area contributed by atoms with Crippen molar-refractivity contribution in [1.82, 2.24) is 15.1 Å². The van der Waals surface area contributed by atoms with Crippen molar-refractivity contribution in [3.63, 3.8) is 0 Å². The van der Waals surface area contributed by atoms with Gasteiger partial charge in [-0.1, -0.05) is 6.92 Å². The van der Waals surface area contributed by atoms with Crippen LogP contribution in [0.15, 0.2) is 21.0 Å². The van der Waals surface area contributed by atoms with Crippen LogP contribution in [0, 0.1) is 0 Å². The van der Waals surface area contributed by atoms with E-state index in [1.165, 1.54) is 0 Å². The summed E-state index contributed by atoms with van der Waals surface area (Å²) in [4.78, 5) is 14.8. The Bertz CT molecular complexity index is 748. The molecule has 0 aromatic carbocycles. The number of nitrogens with zero attached hydrogens (tertiary/aromatic N) is 3. The lowest BCUT2D eigenvalue weighted by Gasteiger charge is -2.32. The minimum Gasteiger partial charge on any atom is -0.456 e. The summed E-state index contributed by atoms with van der Waals surface area (Å²) in [5.74, 6) is 2.59. The van der Waals surface area contributed by atoms with Gasteiger partial charge in [0.05, 0.1) is 0 Å². The molecule has 4 rings (SSSR count). The topological polar surface area (TPSA) is 81.6 Å². The van der Waals surface area contributed by atoms with Gasteiger partial charge in [0.15, 0.2) is 5.76 Å². The molecule has 26 heavy (non-hydrogen) atoms. The van der Waals surface area contributed by atoms with E-state index in [-0.39, 0.29) is 17.9 Å². The van der Waals surface area contributed by atoms with E-state index in [2.05, 4.69) is 10.2 Å². The SMILES string of the molecule is CCc1ccc(C(=O)N2CCCC[C@H]2c2nnc(C3CCOCC3)o2)o1. The number of amides is 1. The van der Waals surface area contributed by atoms with Gasteiger partial charge in [-0.25, -0.2) is 0 Å². The lowest BCUT2D eigenvalue weighted by Crippen LogP contribution is -2.38. The van der Waals surface area contributed by atoms with E-state index in [1.807, 2.05) is 17.9 Å². The van der Waals surface area contributed by atoms with Gasteiger partial charge < -0.3 is 18.5 Å². The van der Waals surface area contributed by atoms with Crippen LogP contribution in [-0.4, -0.2) is 40.8 Å². The summed E-state index contributed by atoms with van der Waals surface area (Å²) in [5, 5.41) is 8.55. The zero-order valence-corrected chi connectivity index (χ0v) is 15.1. The van der Waals surface area contributed by atoms with Gasteiger partial charge in [-0.2, -0.15) is 0 Å². The molecule has 0 N–H and O–H groups in total. The fraction of sp³-hybridized carbons (Fsp3) is 0.632. The number of rotatable bonds is 4. The van der Waals surface area contributed by atoms with Crippen LogP contribution >= 0.6 is 0 Å². The highest BCUT2D eigenvalue weighted by molar-refractivity contribution is 5.91. The highest BCUT2D eigenvalue weighted by atomic mass is 16.5. The molecule has 0 saturated carbocycles. The number of aryl methyl sites for hydroxylation is 1. The third kappa shape index (κ3) is 3.40. The number of furan rings is 1. The zero-order valence-electron chi connectivity index (χ0n) is 15.1. The molecule has 0 aliphatic carbocycles. The Morgan fingerprint density at radius 1 is 1.12 bits per heavy atom. The van der Waals surface area contributed by atoms with Gasteiger partial charge in [-0.15, -0.1) is 10.2 Å². The second kappa shape index (κ2) is 7.61. The molecule has 2 aliphatic rings. The maximum absolute atomic E-state index is 12.9. The molecule has 0 radical (unpaired) electrons. The fourth-order valence-electron chi connectivity index (χ4n) is 3.75. The maximum atomic E-state index is 12.9. The number of likely N-dealkylation sites (tertiary alicyclic amines) is 1. The molecule has 140 valence electrons. The standard InChI is InChI=1S/C19H25N3O4/c1-2-14-6-7-16(25-14)19(23)22-10-4-3-5-15(22)18-21-20-17(26-18)13-8-11-24-12-9-13/h6-7,13,15H,2-5,8-12H2,1H3/t15-/m0/s1. The van der Waals surface area contributed by atoms with Crippen molar-refractivity contribution in [2.24, 2.45) is 0 Å².